The van der Waals surface area contributed by atoms with Gasteiger partial charge in [-0.25, -0.2) is 4.39 Å². The molecule has 2 N–H and O–H groups in total. The lowest BCUT2D eigenvalue weighted by Crippen LogP contribution is -2.53. The highest BCUT2D eigenvalue weighted by Crippen LogP contribution is 2.65. The highest BCUT2D eigenvalue weighted by atomic mass is 35.5. The summed E-state index contributed by atoms with van der Waals surface area (Å²) in [6, 6.07) is 31.2. The summed E-state index contributed by atoms with van der Waals surface area (Å²) in [5.74, 6) is -6.96. The standard InChI is InChI=1S/C47H40ClFN6O6/c1-53(2)32-19-15-29(16-20-32)50-51-30-17-21-33(22-18-30)54-43(57)35-24-23-34-37(40(35)45(54)59)25-38-44(58)55(52-31-13-11-28(49)12-14-31)46(60)47(38,26-7-9-27(48)10-8-26)41(34)36-5-4-6-39(61-3)42(36)56/h4-23,35,37-38,40-41,52,56H,24-25H2,1-3H3. The number of fused-ring (bicyclic) bond motifs is 4. The zero-order valence-corrected chi connectivity index (χ0v) is 34.1. The Balaban J connectivity index is 1.12. The van der Waals surface area contributed by atoms with Crippen molar-refractivity contribution in [2.75, 3.05) is 36.4 Å². The number of para-hydroxylation sites is 1. The number of rotatable bonds is 9. The third-order valence-electron chi connectivity index (χ3n) is 12.6. The lowest BCUT2D eigenvalue weighted by molar-refractivity contribution is -0.138. The van der Waals surface area contributed by atoms with Gasteiger partial charge >= 0.3 is 0 Å². The van der Waals surface area contributed by atoms with Gasteiger partial charge in [-0.1, -0.05) is 47.5 Å². The monoisotopic (exact) mass is 838 g/mol. The smallest absolute Gasteiger partial charge is 0.260 e. The molecule has 1 saturated carbocycles. The molecule has 0 aromatic heterocycles. The van der Waals surface area contributed by atoms with Gasteiger partial charge in [0.05, 0.1) is 53.0 Å². The van der Waals surface area contributed by atoms with Crippen LogP contribution in [0.3, 0.4) is 0 Å². The minimum Gasteiger partial charge on any atom is -0.504 e. The zero-order valence-electron chi connectivity index (χ0n) is 33.3. The fraction of sp³-hybridized carbons (Fsp3) is 0.234. The molecule has 61 heavy (non-hydrogen) atoms. The first-order valence-corrected chi connectivity index (χ1v) is 20.2. The first-order valence-electron chi connectivity index (χ1n) is 19.8. The van der Waals surface area contributed by atoms with Gasteiger partial charge in [-0.15, -0.1) is 0 Å². The van der Waals surface area contributed by atoms with Crippen LogP contribution in [0.1, 0.15) is 29.9 Å². The molecule has 4 aliphatic rings. The van der Waals surface area contributed by atoms with E-state index in [1.807, 2.05) is 49.3 Å². The molecule has 3 fully saturated rings. The van der Waals surface area contributed by atoms with E-state index in [0.717, 1.165) is 10.7 Å². The van der Waals surface area contributed by atoms with E-state index < -0.39 is 58.5 Å². The number of anilines is 3. The number of azo groups is 1. The van der Waals surface area contributed by atoms with Gasteiger partial charge < -0.3 is 14.7 Å². The van der Waals surface area contributed by atoms with Crippen LogP contribution in [0.15, 0.2) is 137 Å². The molecule has 2 saturated heterocycles. The molecular formula is C47H40ClFN6O6. The number of hydrogen-bond acceptors (Lipinski definition) is 10. The second-order valence-corrected chi connectivity index (χ2v) is 16.3. The summed E-state index contributed by atoms with van der Waals surface area (Å²) in [4.78, 5) is 62.6. The number of methoxy groups -OCH3 is 1. The maximum absolute atomic E-state index is 15.4. The van der Waals surface area contributed by atoms with Crippen molar-refractivity contribution in [3.8, 4) is 11.5 Å². The Labute approximate surface area is 355 Å². The van der Waals surface area contributed by atoms with Gasteiger partial charge in [-0.2, -0.15) is 15.2 Å². The minimum atomic E-state index is -1.67. The van der Waals surface area contributed by atoms with Crippen LogP contribution in [-0.4, -0.2) is 54.9 Å². The summed E-state index contributed by atoms with van der Waals surface area (Å²) in [5, 5.41) is 21.9. The zero-order chi connectivity index (χ0) is 42.7. The molecule has 0 radical (unpaired) electrons. The SMILES string of the molecule is COc1cccc(C2C3=CCC4C(=O)N(c5ccc(N=Nc6ccc(N(C)C)cc6)cc5)C(=O)C4C3CC3C(=O)N(Nc4ccc(F)cc4)C(=O)C32c2ccc(Cl)cc2)c1O. The number of benzene rings is 5. The van der Waals surface area contributed by atoms with E-state index in [9.17, 15) is 23.9 Å². The fourth-order valence-corrected chi connectivity index (χ4v) is 9.92. The second kappa shape index (κ2) is 15.3. The molecule has 12 nitrogen and oxygen atoms in total. The lowest BCUT2D eigenvalue weighted by atomic mass is 9.49. The number of hydrogen-bond donors (Lipinski definition) is 2. The van der Waals surface area contributed by atoms with Crippen LogP contribution in [0.5, 0.6) is 11.5 Å². The molecule has 2 aliphatic carbocycles. The minimum absolute atomic E-state index is 0.0325. The van der Waals surface area contributed by atoms with Crippen LogP contribution in [0.25, 0.3) is 0 Å². The van der Waals surface area contributed by atoms with E-state index in [0.29, 0.717) is 44.5 Å². The second-order valence-electron chi connectivity index (χ2n) is 15.9. The van der Waals surface area contributed by atoms with Crippen molar-refractivity contribution < 1.29 is 33.4 Å². The van der Waals surface area contributed by atoms with Crippen molar-refractivity contribution >= 4 is 63.7 Å². The number of aromatic hydroxyl groups is 1. The highest BCUT2D eigenvalue weighted by molar-refractivity contribution is 6.30. The number of amides is 4. The topological polar surface area (TPSA) is 144 Å². The fourth-order valence-electron chi connectivity index (χ4n) is 9.79. The Morgan fingerprint density at radius 3 is 2.11 bits per heavy atom. The number of phenolic OH excluding ortho intramolecular Hbond substituents is 1. The number of hydrazine groups is 1. The molecule has 6 atom stereocenters. The number of imide groups is 2. The van der Waals surface area contributed by atoms with Crippen LogP contribution in [0, 0.1) is 29.5 Å². The van der Waals surface area contributed by atoms with Crippen molar-refractivity contribution in [1.82, 2.24) is 5.01 Å². The lowest BCUT2D eigenvalue weighted by Gasteiger charge is -2.50. The van der Waals surface area contributed by atoms with Gasteiger partial charge in [-0.05, 0) is 115 Å². The Morgan fingerprint density at radius 2 is 1.48 bits per heavy atom. The van der Waals surface area contributed by atoms with Crippen molar-refractivity contribution in [1.29, 1.82) is 0 Å². The summed E-state index contributed by atoms with van der Waals surface area (Å²) in [6.07, 6.45) is 2.11. The maximum atomic E-state index is 15.4. The number of carbonyl (C=O) groups excluding carboxylic acids is 4. The molecule has 308 valence electrons. The normalized spacial score (nSPS) is 24.4. The van der Waals surface area contributed by atoms with Crippen LogP contribution in [0.2, 0.25) is 5.02 Å². The Hall–Kier alpha value is -6.86. The van der Waals surface area contributed by atoms with Crippen molar-refractivity contribution in [2.24, 2.45) is 33.9 Å². The Bertz CT molecular complexity index is 2640. The summed E-state index contributed by atoms with van der Waals surface area (Å²) in [5.41, 5.74) is 5.57. The molecule has 0 bridgehead atoms. The Morgan fingerprint density at radius 1 is 0.820 bits per heavy atom. The van der Waals surface area contributed by atoms with E-state index in [2.05, 4.69) is 15.7 Å². The summed E-state index contributed by atoms with van der Waals surface area (Å²) in [7, 11) is 5.32. The van der Waals surface area contributed by atoms with Crippen LogP contribution >= 0.6 is 11.6 Å². The first kappa shape index (κ1) is 39.6. The molecule has 0 spiro atoms. The average molecular weight is 839 g/mol. The van der Waals surface area contributed by atoms with Crippen LogP contribution < -0.4 is 20.0 Å². The number of nitrogens with zero attached hydrogens (tertiary/aromatic N) is 5. The molecule has 14 heteroatoms. The maximum Gasteiger partial charge on any atom is 0.260 e. The number of nitrogens with one attached hydrogen (secondary N) is 1. The predicted molar refractivity (Wildman–Crippen MR) is 228 cm³/mol. The predicted octanol–water partition coefficient (Wildman–Crippen LogP) is 8.86. The van der Waals surface area contributed by atoms with Gasteiger partial charge in [0.1, 0.15) is 5.82 Å². The van der Waals surface area contributed by atoms with E-state index in [4.69, 9.17) is 16.3 Å². The highest BCUT2D eigenvalue weighted by Gasteiger charge is 2.70. The van der Waals surface area contributed by atoms with E-state index >= 15 is 4.79 Å². The number of carbonyl (C=O) groups is 4. The first-order chi connectivity index (χ1) is 29.4. The third kappa shape index (κ3) is 6.42. The van der Waals surface area contributed by atoms with Crippen LogP contribution in [0.4, 0.5) is 32.8 Å². The molecule has 2 aliphatic heterocycles. The number of phenols is 1. The average Bonchev–Trinajstić information content (AvgIpc) is 3.65. The van der Waals surface area contributed by atoms with Gasteiger partial charge in [0.25, 0.3) is 11.8 Å². The largest absolute Gasteiger partial charge is 0.504 e. The summed E-state index contributed by atoms with van der Waals surface area (Å²) < 4.78 is 19.5. The summed E-state index contributed by atoms with van der Waals surface area (Å²) >= 11 is 6.39. The van der Waals surface area contributed by atoms with Crippen molar-refractivity contribution in [3.05, 3.63) is 149 Å². The molecular weight excluding hydrogens is 799 g/mol. The molecule has 5 aromatic rings. The van der Waals surface area contributed by atoms with Crippen molar-refractivity contribution in [3.63, 3.8) is 0 Å². The molecule has 2 heterocycles. The number of halogens is 2. The summed E-state index contributed by atoms with van der Waals surface area (Å²) in [6.45, 7) is 0. The number of ether oxygens (including phenoxy) is 1. The Kier molecular flexibility index (Phi) is 9.94. The number of allylic oxidation sites excluding steroid dienone is 2. The van der Waals surface area contributed by atoms with Crippen LogP contribution in [-0.2, 0) is 24.6 Å². The van der Waals surface area contributed by atoms with Crippen molar-refractivity contribution in [2.45, 2.75) is 24.2 Å². The third-order valence-corrected chi connectivity index (χ3v) is 12.8. The van der Waals surface area contributed by atoms with Gasteiger partial charge in [0.2, 0.25) is 11.8 Å². The molecule has 4 amide bonds. The molecule has 9 rings (SSSR count). The van der Waals surface area contributed by atoms with E-state index in [1.54, 1.807) is 66.7 Å². The quantitative estimate of drug-likeness (QED) is 0.0852. The molecule has 6 unspecified atom stereocenters. The van der Waals surface area contributed by atoms with E-state index in [-0.39, 0.29) is 30.2 Å². The molecule has 5 aromatic carbocycles. The van der Waals surface area contributed by atoms with Gasteiger partial charge in [-0.3, -0.25) is 29.5 Å². The van der Waals surface area contributed by atoms with E-state index in [1.165, 1.54) is 36.3 Å². The van der Waals surface area contributed by atoms with Gasteiger partial charge in [0, 0.05) is 36.3 Å². The van der Waals surface area contributed by atoms with Gasteiger partial charge in [0.15, 0.2) is 11.5 Å².